The van der Waals surface area contributed by atoms with Crippen LogP contribution in [-0.2, 0) is 15.6 Å². The Morgan fingerprint density at radius 3 is 2.43 bits per heavy atom. The lowest BCUT2D eigenvalue weighted by Crippen LogP contribution is -2.19. The minimum Gasteiger partial charge on any atom is -0.376 e. The van der Waals surface area contributed by atoms with Gasteiger partial charge in [0, 0.05) is 17.8 Å². The number of hydrogen-bond donors (Lipinski definition) is 2. The average Bonchev–Trinajstić information content (AvgIpc) is 2.46. The van der Waals surface area contributed by atoms with E-state index in [2.05, 4.69) is 17.5 Å². The predicted molar refractivity (Wildman–Crippen MR) is 90.8 cm³/mol. The molecule has 0 radical (unpaired) electrons. The van der Waals surface area contributed by atoms with Crippen molar-refractivity contribution in [3.05, 3.63) is 64.2 Å². The summed E-state index contributed by atoms with van der Waals surface area (Å²) in [5, 5.41) is 13.4. The molecule has 0 aliphatic carbocycles. The summed E-state index contributed by atoms with van der Waals surface area (Å²) in [6, 6.07) is 12.0. The molecular formula is C14H13N3O4S2. The van der Waals surface area contributed by atoms with Crippen molar-refractivity contribution in [3.8, 4) is 0 Å². The summed E-state index contributed by atoms with van der Waals surface area (Å²) < 4.78 is 25.0. The van der Waals surface area contributed by atoms with E-state index in [4.69, 9.17) is 5.73 Å². The standard InChI is InChI=1S/C14H13N3O4S2/c15-14(22)16-11-6-12(17(18)19)8-13(7-11)23(20,21)9-10-4-2-1-3-5-10/h1-8H,9H2,(H3,15,16,22). The van der Waals surface area contributed by atoms with Crippen molar-refractivity contribution in [1.29, 1.82) is 0 Å². The summed E-state index contributed by atoms with van der Waals surface area (Å²) >= 11 is 4.68. The van der Waals surface area contributed by atoms with E-state index in [9.17, 15) is 18.5 Å². The number of sulfone groups is 1. The molecule has 0 saturated carbocycles. The molecule has 0 aromatic heterocycles. The molecule has 0 heterocycles. The number of rotatable bonds is 5. The predicted octanol–water partition coefficient (Wildman–Crippen LogP) is 2.22. The Hall–Kier alpha value is -2.52. The van der Waals surface area contributed by atoms with Gasteiger partial charge in [-0.25, -0.2) is 8.42 Å². The van der Waals surface area contributed by atoms with Crippen LogP contribution in [0.15, 0.2) is 53.4 Å². The Bertz CT molecular complexity index is 852. The van der Waals surface area contributed by atoms with Gasteiger partial charge in [0.2, 0.25) is 0 Å². The Kier molecular flexibility index (Phi) is 4.92. The molecule has 0 amide bonds. The van der Waals surface area contributed by atoms with Gasteiger partial charge in [-0.05, 0) is 23.8 Å². The highest BCUT2D eigenvalue weighted by Crippen LogP contribution is 2.26. The number of nitro benzene ring substituents is 1. The highest BCUT2D eigenvalue weighted by molar-refractivity contribution is 7.90. The van der Waals surface area contributed by atoms with E-state index >= 15 is 0 Å². The molecule has 0 saturated heterocycles. The lowest BCUT2D eigenvalue weighted by Gasteiger charge is -2.08. The smallest absolute Gasteiger partial charge is 0.272 e. The maximum absolute atomic E-state index is 12.5. The Labute approximate surface area is 138 Å². The number of nitrogens with zero attached hydrogens (tertiary/aromatic N) is 1. The summed E-state index contributed by atoms with van der Waals surface area (Å²) in [5.41, 5.74) is 5.71. The molecule has 0 aliphatic heterocycles. The highest BCUT2D eigenvalue weighted by atomic mass is 32.2. The summed E-state index contributed by atoms with van der Waals surface area (Å²) in [5.74, 6) is -0.262. The second-order valence-electron chi connectivity index (χ2n) is 4.71. The molecule has 3 N–H and O–H groups in total. The van der Waals surface area contributed by atoms with E-state index in [-0.39, 0.29) is 27.1 Å². The molecular weight excluding hydrogens is 338 g/mol. The van der Waals surface area contributed by atoms with Crippen molar-refractivity contribution in [2.75, 3.05) is 5.32 Å². The van der Waals surface area contributed by atoms with E-state index in [1.807, 2.05) is 0 Å². The fraction of sp³-hybridized carbons (Fsp3) is 0.0714. The van der Waals surface area contributed by atoms with Gasteiger partial charge >= 0.3 is 0 Å². The SMILES string of the molecule is NC(=S)Nc1cc([N+](=O)[O-])cc(S(=O)(=O)Cc2ccccc2)c1. The van der Waals surface area contributed by atoms with Crippen LogP contribution in [0.2, 0.25) is 0 Å². The molecule has 2 aromatic rings. The monoisotopic (exact) mass is 351 g/mol. The van der Waals surface area contributed by atoms with E-state index in [1.54, 1.807) is 30.3 Å². The first-order valence-electron chi connectivity index (χ1n) is 6.40. The van der Waals surface area contributed by atoms with Gasteiger partial charge in [0.15, 0.2) is 14.9 Å². The first-order chi connectivity index (χ1) is 10.8. The number of nitrogens with two attached hydrogens (primary N) is 1. The zero-order valence-corrected chi connectivity index (χ0v) is 13.4. The third kappa shape index (κ3) is 4.47. The molecule has 23 heavy (non-hydrogen) atoms. The van der Waals surface area contributed by atoms with E-state index in [0.717, 1.165) is 6.07 Å². The highest BCUT2D eigenvalue weighted by Gasteiger charge is 2.20. The number of benzene rings is 2. The van der Waals surface area contributed by atoms with Gasteiger partial charge in [-0.2, -0.15) is 0 Å². The van der Waals surface area contributed by atoms with Gasteiger partial charge < -0.3 is 11.1 Å². The zero-order valence-electron chi connectivity index (χ0n) is 11.8. The molecule has 2 rings (SSSR count). The number of thiocarbonyl (C=S) groups is 1. The summed E-state index contributed by atoms with van der Waals surface area (Å²) in [6.45, 7) is 0. The third-order valence-corrected chi connectivity index (χ3v) is 4.70. The van der Waals surface area contributed by atoms with Gasteiger partial charge in [0.1, 0.15) is 0 Å². The van der Waals surface area contributed by atoms with Crippen molar-refractivity contribution >= 4 is 38.5 Å². The molecule has 0 aliphatic rings. The minimum absolute atomic E-state index is 0.114. The Morgan fingerprint density at radius 2 is 1.87 bits per heavy atom. The topological polar surface area (TPSA) is 115 Å². The van der Waals surface area contributed by atoms with Crippen molar-refractivity contribution in [3.63, 3.8) is 0 Å². The maximum Gasteiger partial charge on any atom is 0.272 e. The Balaban J connectivity index is 2.45. The number of nitro groups is 1. The van der Waals surface area contributed by atoms with Gasteiger partial charge in [-0.3, -0.25) is 10.1 Å². The summed E-state index contributed by atoms with van der Waals surface area (Å²) in [4.78, 5) is 10.1. The van der Waals surface area contributed by atoms with Crippen LogP contribution >= 0.6 is 12.2 Å². The number of non-ortho nitro benzene ring substituents is 1. The maximum atomic E-state index is 12.5. The lowest BCUT2D eigenvalue weighted by molar-refractivity contribution is -0.385. The van der Waals surface area contributed by atoms with Crippen LogP contribution in [0, 0.1) is 10.1 Å². The van der Waals surface area contributed by atoms with Crippen molar-refractivity contribution in [2.45, 2.75) is 10.6 Å². The van der Waals surface area contributed by atoms with Gasteiger partial charge in [0.05, 0.1) is 15.6 Å². The third-order valence-electron chi connectivity index (χ3n) is 2.93. The van der Waals surface area contributed by atoms with Crippen LogP contribution in [0.3, 0.4) is 0 Å². The first-order valence-corrected chi connectivity index (χ1v) is 8.46. The number of nitrogens with one attached hydrogen (secondary N) is 1. The van der Waals surface area contributed by atoms with E-state index in [0.29, 0.717) is 5.56 Å². The van der Waals surface area contributed by atoms with Crippen LogP contribution in [0.5, 0.6) is 0 Å². The molecule has 9 heteroatoms. The second kappa shape index (κ2) is 6.71. The fourth-order valence-electron chi connectivity index (χ4n) is 1.96. The van der Waals surface area contributed by atoms with Crippen LogP contribution in [0.4, 0.5) is 11.4 Å². The summed E-state index contributed by atoms with van der Waals surface area (Å²) in [6.07, 6.45) is 0. The van der Waals surface area contributed by atoms with Crippen LogP contribution in [-0.4, -0.2) is 18.5 Å². The molecule has 0 fully saturated rings. The second-order valence-corrected chi connectivity index (χ2v) is 7.14. The quantitative estimate of drug-likeness (QED) is 0.482. The molecule has 0 bridgehead atoms. The van der Waals surface area contributed by atoms with Gasteiger partial charge in [0.25, 0.3) is 5.69 Å². The number of hydrogen-bond acceptors (Lipinski definition) is 5. The Morgan fingerprint density at radius 1 is 1.22 bits per heavy atom. The van der Waals surface area contributed by atoms with Gasteiger partial charge in [-0.15, -0.1) is 0 Å². The number of anilines is 1. The first kappa shape index (κ1) is 16.8. The average molecular weight is 351 g/mol. The van der Waals surface area contributed by atoms with Crippen molar-refractivity contribution in [1.82, 2.24) is 0 Å². The van der Waals surface area contributed by atoms with Crippen LogP contribution in [0.1, 0.15) is 5.56 Å². The van der Waals surface area contributed by atoms with Crippen molar-refractivity contribution < 1.29 is 13.3 Å². The molecule has 0 spiro atoms. The van der Waals surface area contributed by atoms with Crippen LogP contribution < -0.4 is 11.1 Å². The molecule has 2 aromatic carbocycles. The zero-order chi connectivity index (χ0) is 17.0. The molecule has 7 nitrogen and oxygen atoms in total. The van der Waals surface area contributed by atoms with E-state index in [1.165, 1.54) is 12.1 Å². The molecule has 0 atom stereocenters. The molecule has 120 valence electrons. The summed E-state index contributed by atoms with van der Waals surface area (Å²) in [7, 11) is -3.76. The van der Waals surface area contributed by atoms with Gasteiger partial charge in [-0.1, -0.05) is 30.3 Å². The normalized spacial score (nSPS) is 11.0. The molecule has 0 unspecified atom stereocenters. The van der Waals surface area contributed by atoms with Crippen LogP contribution in [0.25, 0.3) is 0 Å². The van der Waals surface area contributed by atoms with E-state index < -0.39 is 14.8 Å². The minimum atomic E-state index is -3.76. The fourth-order valence-corrected chi connectivity index (χ4v) is 3.48. The lowest BCUT2D eigenvalue weighted by atomic mass is 10.2. The largest absolute Gasteiger partial charge is 0.376 e. The van der Waals surface area contributed by atoms with Crippen molar-refractivity contribution in [2.24, 2.45) is 5.73 Å².